The average molecular weight is 219 g/mol. The van der Waals surface area contributed by atoms with Crippen molar-refractivity contribution in [3.8, 4) is 0 Å². The lowest BCUT2D eigenvalue weighted by atomic mass is 9.82. The number of hydrogen-bond acceptors (Lipinski definition) is 4. The molecule has 0 amide bonds. The molecule has 3 N–H and O–H groups in total. The number of ether oxygens (including phenoxy) is 1. The van der Waals surface area contributed by atoms with Crippen molar-refractivity contribution in [1.82, 2.24) is 0 Å². The van der Waals surface area contributed by atoms with Gasteiger partial charge in [0, 0.05) is 12.3 Å². The van der Waals surface area contributed by atoms with Crippen LogP contribution in [0.25, 0.3) is 0 Å². The molecule has 0 saturated carbocycles. The third-order valence-corrected chi connectivity index (χ3v) is 4.25. The zero-order valence-electron chi connectivity index (χ0n) is 9.08. The molecule has 0 bridgehead atoms. The summed E-state index contributed by atoms with van der Waals surface area (Å²) < 4.78 is 5.71. The van der Waals surface area contributed by atoms with E-state index in [9.17, 15) is 0 Å². The molecule has 1 fully saturated rings. The number of hydrogen-bond donors (Lipinski definition) is 2. The van der Waals surface area contributed by atoms with Crippen LogP contribution in [-0.2, 0) is 4.74 Å². The Kier molecular flexibility index (Phi) is 4.25. The van der Waals surface area contributed by atoms with Crippen molar-refractivity contribution in [3.05, 3.63) is 0 Å². The predicted octanol–water partition coefficient (Wildman–Crippen LogP) is 0.856. The van der Waals surface area contributed by atoms with Gasteiger partial charge in [-0.15, -0.1) is 0 Å². The Morgan fingerprint density at radius 3 is 2.64 bits per heavy atom. The Labute approximate surface area is 90.4 Å². The highest BCUT2D eigenvalue weighted by Gasteiger charge is 2.40. The number of aliphatic hydroxyl groups is 1. The maximum Gasteiger partial charge on any atom is 0.0900 e. The molecule has 0 aromatic rings. The number of rotatable bonds is 4. The van der Waals surface area contributed by atoms with Crippen molar-refractivity contribution in [2.24, 2.45) is 11.1 Å². The highest BCUT2D eigenvalue weighted by molar-refractivity contribution is 7.99. The van der Waals surface area contributed by atoms with Crippen molar-refractivity contribution in [2.45, 2.75) is 25.9 Å². The van der Waals surface area contributed by atoms with Crippen LogP contribution in [0, 0.1) is 5.41 Å². The fourth-order valence-corrected chi connectivity index (χ4v) is 3.46. The van der Waals surface area contributed by atoms with Crippen LogP contribution in [0.4, 0.5) is 0 Å². The summed E-state index contributed by atoms with van der Waals surface area (Å²) >= 11 is 1.90. The third-order valence-electron chi connectivity index (χ3n) is 2.53. The smallest absolute Gasteiger partial charge is 0.0900 e. The van der Waals surface area contributed by atoms with Crippen molar-refractivity contribution < 1.29 is 9.84 Å². The molecule has 1 unspecified atom stereocenters. The van der Waals surface area contributed by atoms with Gasteiger partial charge in [-0.2, -0.15) is 11.8 Å². The number of thioether (sulfide) groups is 1. The molecular weight excluding hydrogens is 198 g/mol. The molecule has 0 aliphatic carbocycles. The second-order valence-electron chi connectivity index (χ2n) is 4.79. The lowest BCUT2D eigenvalue weighted by Crippen LogP contribution is -2.50. The highest BCUT2D eigenvalue weighted by atomic mass is 32.2. The first-order valence-corrected chi connectivity index (χ1v) is 6.22. The minimum atomic E-state index is -0.213. The van der Waals surface area contributed by atoms with E-state index in [2.05, 4.69) is 13.8 Å². The Morgan fingerprint density at radius 1 is 1.43 bits per heavy atom. The average Bonchev–Trinajstić information content (AvgIpc) is 2.13. The third kappa shape index (κ3) is 3.12. The lowest BCUT2D eigenvalue weighted by Gasteiger charge is -2.43. The van der Waals surface area contributed by atoms with Gasteiger partial charge in [0.25, 0.3) is 0 Å². The van der Waals surface area contributed by atoms with Gasteiger partial charge in [0.2, 0.25) is 0 Å². The maximum atomic E-state index is 8.76. The van der Waals surface area contributed by atoms with E-state index < -0.39 is 0 Å². The first-order valence-electron chi connectivity index (χ1n) is 5.06. The van der Waals surface area contributed by atoms with Gasteiger partial charge in [0.1, 0.15) is 0 Å². The van der Waals surface area contributed by atoms with Gasteiger partial charge in [0.05, 0.1) is 18.8 Å². The SMILES string of the molecule is CC1(C)CSCC(CN)(OCCO)C1. The fraction of sp³-hybridized carbons (Fsp3) is 1.00. The van der Waals surface area contributed by atoms with Crippen LogP contribution in [0.5, 0.6) is 0 Å². The van der Waals surface area contributed by atoms with Crippen LogP contribution in [0.2, 0.25) is 0 Å². The minimum Gasteiger partial charge on any atom is -0.394 e. The molecule has 0 radical (unpaired) electrons. The summed E-state index contributed by atoms with van der Waals surface area (Å²) in [6, 6.07) is 0. The van der Waals surface area contributed by atoms with E-state index >= 15 is 0 Å². The molecule has 4 heteroatoms. The van der Waals surface area contributed by atoms with E-state index in [0.717, 1.165) is 17.9 Å². The van der Waals surface area contributed by atoms with Gasteiger partial charge >= 0.3 is 0 Å². The maximum absolute atomic E-state index is 8.76. The molecule has 1 aliphatic heterocycles. The Balaban J connectivity index is 2.58. The van der Waals surface area contributed by atoms with Gasteiger partial charge < -0.3 is 15.6 Å². The minimum absolute atomic E-state index is 0.0762. The summed E-state index contributed by atoms with van der Waals surface area (Å²) in [5.41, 5.74) is 5.86. The quantitative estimate of drug-likeness (QED) is 0.736. The van der Waals surface area contributed by atoms with Crippen LogP contribution in [0.1, 0.15) is 20.3 Å². The second-order valence-corrected chi connectivity index (χ2v) is 5.78. The molecule has 0 aromatic carbocycles. The van der Waals surface area contributed by atoms with E-state index in [1.807, 2.05) is 11.8 Å². The first-order chi connectivity index (χ1) is 6.54. The monoisotopic (exact) mass is 219 g/mol. The highest BCUT2D eigenvalue weighted by Crippen LogP contribution is 2.40. The standard InChI is InChI=1S/C10H21NO2S/c1-9(2)5-10(6-11,8-14-7-9)13-4-3-12/h12H,3-8,11H2,1-2H3. The van der Waals surface area contributed by atoms with Gasteiger partial charge in [-0.3, -0.25) is 0 Å². The summed E-state index contributed by atoms with van der Waals surface area (Å²) in [5.74, 6) is 2.12. The molecule has 3 nitrogen and oxygen atoms in total. The molecular formula is C10H21NO2S. The molecule has 1 aliphatic rings. The van der Waals surface area contributed by atoms with Gasteiger partial charge in [-0.1, -0.05) is 13.8 Å². The fourth-order valence-electron chi connectivity index (χ4n) is 2.03. The molecule has 14 heavy (non-hydrogen) atoms. The van der Waals surface area contributed by atoms with Gasteiger partial charge in [-0.05, 0) is 17.6 Å². The summed E-state index contributed by atoms with van der Waals surface area (Å²) in [6.45, 7) is 5.50. The molecule has 0 spiro atoms. The second kappa shape index (κ2) is 4.84. The molecule has 84 valence electrons. The largest absolute Gasteiger partial charge is 0.394 e. The van der Waals surface area contributed by atoms with Crippen molar-refractivity contribution >= 4 is 11.8 Å². The van der Waals surface area contributed by atoms with Crippen molar-refractivity contribution in [3.63, 3.8) is 0 Å². The van der Waals surface area contributed by atoms with Gasteiger partial charge in [-0.25, -0.2) is 0 Å². The van der Waals surface area contributed by atoms with E-state index in [4.69, 9.17) is 15.6 Å². The van der Waals surface area contributed by atoms with Crippen LogP contribution in [-0.4, -0.2) is 42.0 Å². The molecule has 1 heterocycles. The lowest BCUT2D eigenvalue weighted by molar-refractivity contribution is -0.0607. The number of aliphatic hydroxyl groups excluding tert-OH is 1. The number of nitrogens with two attached hydrogens (primary N) is 1. The van der Waals surface area contributed by atoms with Crippen LogP contribution < -0.4 is 5.73 Å². The van der Waals surface area contributed by atoms with E-state index in [-0.39, 0.29) is 17.6 Å². The summed E-state index contributed by atoms with van der Waals surface area (Å²) in [7, 11) is 0. The van der Waals surface area contributed by atoms with E-state index in [0.29, 0.717) is 13.2 Å². The zero-order valence-corrected chi connectivity index (χ0v) is 9.90. The molecule has 1 atom stereocenters. The van der Waals surface area contributed by atoms with Crippen molar-refractivity contribution in [2.75, 3.05) is 31.3 Å². The Bertz CT molecular complexity index is 187. The first kappa shape index (κ1) is 12.3. The van der Waals surface area contributed by atoms with Crippen molar-refractivity contribution in [1.29, 1.82) is 0 Å². The Hall–Kier alpha value is 0.230. The molecule has 0 aromatic heterocycles. The van der Waals surface area contributed by atoms with Crippen LogP contribution in [0.3, 0.4) is 0 Å². The summed E-state index contributed by atoms with van der Waals surface area (Å²) in [4.78, 5) is 0. The normalized spacial score (nSPS) is 31.7. The topological polar surface area (TPSA) is 55.5 Å². The van der Waals surface area contributed by atoms with Crippen LogP contribution >= 0.6 is 11.8 Å². The molecule has 1 rings (SSSR count). The summed E-state index contributed by atoms with van der Waals surface area (Å²) in [6.07, 6.45) is 0.990. The summed E-state index contributed by atoms with van der Waals surface area (Å²) in [5, 5.41) is 8.76. The van der Waals surface area contributed by atoms with E-state index in [1.165, 1.54) is 0 Å². The zero-order chi connectivity index (χ0) is 10.7. The molecule has 1 saturated heterocycles. The van der Waals surface area contributed by atoms with Gasteiger partial charge in [0.15, 0.2) is 0 Å². The van der Waals surface area contributed by atoms with Crippen LogP contribution in [0.15, 0.2) is 0 Å². The predicted molar refractivity (Wildman–Crippen MR) is 60.5 cm³/mol. The van der Waals surface area contributed by atoms with E-state index in [1.54, 1.807) is 0 Å². The Morgan fingerprint density at radius 2 is 2.14 bits per heavy atom.